The summed E-state index contributed by atoms with van der Waals surface area (Å²) < 4.78 is 36.9. The molecule has 1 N–H and O–H groups in total. The number of piperidine rings is 1. The quantitative estimate of drug-likeness (QED) is 0.741. The summed E-state index contributed by atoms with van der Waals surface area (Å²) in [6.07, 6.45) is 1.13. The highest BCUT2D eigenvalue weighted by Gasteiger charge is 2.40. The summed E-state index contributed by atoms with van der Waals surface area (Å²) in [5.74, 6) is -0.639. The van der Waals surface area contributed by atoms with Crippen LogP contribution in [0.2, 0.25) is 0 Å². The van der Waals surface area contributed by atoms with E-state index >= 15 is 0 Å². The van der Waals surface area contributed by atoms with Crippen LogP contribution >= 0.6 is 11.8 Å². The number of sulfone groups is 1. The first kappa shape index (κ1) is 21.6. The Labute approximate surface area is 180 Å². The predicted octanol–water partition coefficient (Wildman–Crippen LogP) is 1.90. The van der Waals surface area contributed by atoms with Crippen molar-refractivity contribution in [3.8, 4) is 0 Å². The molecular weight excluding hydrogens is 428 g/mol. The van der Waals surface area contributed by atoms with E-state index in [0.29, 0.717) is 50.6 Å². The Kier molecular flexibility index (Phi) is 6.11. The zero-order valence-corrected chi connectivity index (χ0v) is 18.5. The lowest BCUT2D eigenvalue weighted by atomic mass is 10.0. The number of rotatable bonds is 4. The maximum atomic E-state index is 12.8. The number of hydrogen-bond acceptors (Lipinski definition) is 7. The van der Waals surface area contributed by atoms with Crippen LogP contribution in [-0.2, 0) is 28.9 Å². The normalized spacial score (nSPS) is 23.7. The SMILES string of the molecule is CC1CSc2ccc(S(=O)(=O)CCC(=O)N3CCC4(CC3)OCCO4)cc2NC1=O. The van der Waals surface area contributed by atoms with Crippen LogP contribution in [-0.4, -0.2) is 68.7 Å². The van der Waals surface area contributed by atoms with Crippen molar-refractivity contribution in [3.63, 3.8) is 0 Å². The molecule has 0 saturated carbocycles. The number of anilines is 1. The Balaban J connectivity index is 1.37. The van der Waals surface area contributed by atoms with Gasteiger partial charge in [-0.15, -0.1) is 11.8 Å². The molecule has 0 aromatic heterocycles. The van der Waals surface area contributed by atoms with Gasteiger partial charge in [-0.05, 0) is 18.2 Å². The molecule has 0 bridgehead atoms. The number of thioether (sulfide) groups is 1. The van der Waals surface area contributed by atoms with Gasteiger partial charge in [-0.3, -0.25) is 9.59 Å². The molecule has 164 valence electrons. The van der Waals surface area contributed by atoms with Gasteiger partial charge in [-0.1, -0.05) is 6.92 Å². The van der Waals surface area contributed by atoms with Crippen molar-refractivity contribution >= 4 is 39.1 Å². The first-order chi connectivity index (χ1) is 14.3. The van der Waals surface area contributed by atoms with Gasteiger partial charge in [0.25, 0.3) is 0 Å². The highest BCUT2D eigenvalue weighted by molar-refractivity contribution is 7.99. The molecular formula is C20H26N2O6S2. The Hall–Kier alpha value is -1.62. The van der Waals surface area contributed by atoms with Crippen LogP contribution in [0.4, 0.5) is 5.69 Å². The molecule has 0 aliphatic carbocycles. The minimum Gasteiger partial charge on any atom is -0.347 e. The average molecular weight is 455 g/mol. The van der Waals surface area contributed by atoms with Crippen LogP contribution in [0.5, 0.6) is 0 Å². The third kappa shape index (κ3) is 4.51. The molecule has 4 rings (SSSR count). The van der Waals surface area contributed by atoms with Gasteiger partial charge in [0.1, 0.15) is 0 Å². The van der Waals surface area contributed by atoms with Crippen molar-refractivity contribution in [3.05, 3.63) is 18.2 Å². The van der Waals surface area contributed by atoms with Crippen LogP contribution in [0.3, 0.4) is 0 Å². The first-order valence-corrected chi connectivity index (χ1v) is 12.8. The molecule has 3 aliphatic rings. The van der Waals surface area contributed by atoms with Crippen LogP contribution in [0.25, 0.3) is 0 Å². The van der Waals surface area contributed by atoms with Gasteiger partial charge in [-0.25, -0.2) is 8.42 Å². The zero-order valence-electron chi connectivity index (χ0n) is 16.9. The highest BCUT2D eigenvalue weighted by Crippen LogP contribution is 2.35. The minimum absolute atomic E-state index is 0.0771. The molecule has 1 aromatic carbocycles. The van der Waals surface area contributed by atoms with Crippen LogP contribution in [0.15, 0.2) is 28.0 Å². The summed E-state index contributed by atoms with van der Waals surface area (Å²) in [4.78, 5) is 27.3. The summed E-state index contributed by atoms with van der Waals surface area (Å²) in [7, 11) is -3.65. The van der Waals surface area contributed by atoms with Crippen LogP contribution in [0, 0.1) is 5.92 Å². The topological polar surface area (TPSA) is 102 Å². The Morgan fingerprint density at radius 1 is 1.27 bits per heavy atom. The van der Waals surface area contributed by atoms with E-state index in [4.69, 9.17) is 9.47 Å². The van der Waals surface area contributed by atoms with E-state index in [0.717, 1.165) is 4.90 Å². The van der Waals surface area contributed by atoms with Gasteiger partial charge in [0, 0.05) is 48.9 Å². The maximum absolute atomic E-state index is 12.8. The number of nitrogens with one attached hydrogen (secondary N) is 1. The largest absolute Gasteiger partial charge is 0.347 e. The Morgan fingerprint density at radius 3 is 2.67 bits per heavy atom. The van der Waals surface area contributed by atoms with Gasteiger partial charge in [-0.2, -0.15) is 0 Å². The number of likely N-dealkylation sites (tertiary alicyclic amines) is 1. The van der Waals surface area contributed by atoms with Crippen molar-refractivity contribution in [2.45, 2.75) is 41.8 Å². The number of carbonyl (C=O) groups excluding carboxylic acids is 2. The molecule has 1 aromatic rings. The van der Waals surface area contributed by atoms with E-state index in [9.17, 15) is 18.0 Å². The van der Waals surface area contributed by atoms with E-state index in [1.165, 1.54) is 17.8 Å². The monoisotopic (exact) mass is 454 g/mol. The lowest BCUT2D eigenvalue weighted by Crippen LogP contribution is -2.47. The standard InChI is InChI=1S/C20H26N2O6S2/c1-14-13-29-17-3-2-15(12-16(17)21-19(14)24)30(25,26)11-4-18(23)22-7-5-20(6-8-22)27-9-10-28-20/h2-3,12,14H,4-11,13H2,1H3,(H,21,24). The molecule has 3 aliphatic heterocycles. The summed E-state index contributed by atoms with van der Waals surface area (Å²) in [6, 6.07) is 4.77. The number of carbonyl (C=O) groups is 2. The summed E-state index contributed by atoms with van der Waals surface area (Å²) >= 11 is 1.53. The van der Waals surface area contributed by atoms with Crippen molar-refractivity contribution in [2.75, 3.05) is 43.1 Å². The second-order valence-corrected chi connectivity index (χ2v) is 11.1. The smallest absolute Gasteiger partial charge is 0.228 e. The number of ether oxygens (including phenoxy) is 2. The van der Waals surface area contributed by atoms with E-state index in [1.807, 2.05) is 6.92 Å². The van der Waals surface area contributed by atoms with Crippen molar-refractivity contribution in [2.24, 2.45) is 5.92 Å². The lowest BCUT2D eigenvalue weighted by molar-refractivity contribution is -0.187. The van der Waals surface area contributed by atoms with E-state index < -0.39 is 15.6 Å². The fourth-order valence-corrected chi connectivity index (χ4v) is 6.12. The molecule has 10 heteroatoms. The summed E-state index contributed by atoms with van der Waals surface area (Å²) in [5.41, 5.74) is 0.514. The molecule has 1 spiro atoms. The van der Waals surface area contributed by atoms with Crippen molar-refractivity contribution in [1.82, 2.24) is 4.90 Å². The van der Waals surface area contributed by atoms with E-state index in [2.05, 4.69) is 5.32 Å². The fraction of sp³-hybridized carbons (Fsp3) is 0.600. The zero-order chi connectivity index (χ0) is 21.4. The number of hydrogen-bond donors (Lipinski definition) is 1. The fourth-order valence-electron chi connectivity index (χ4n) is 3.85. The van der Waals surface area contributed by atoms with Gasteiger partial charge in [0.05, 0.1) is 29.5 Å². The van der Waals surface area contributed by atoms with Gasteiger partial charge in [0.2, 0.25) is 11.8 Å². The molecule has 1 atom stereocenters. The van der Waals surface area contributed by atoms with E-state index in [1.54, 1.807) is 17.0 Å². The van der Waals surface area contributed by atoms with Crippen molar-refractivity contribution in [1.29, 1.82) is 0 Å². The number of nitrogens with zero attached hydrogens (tertiary/aromatic N) is 1. The average Bonchev–Trinajstić information content (AvgIpc) is 3.13. The molecule has 8 nitrogen and oxygen atoms in total. The third-order valence-electron chi connectivity index (χ3n) is 5.78. The molecule has 2 amide bonds. The molecule has 2 fully saturated rings. The first-order valence-electron chi connectivity index (χ1n) is 10.1. The lowest BCUT2D eigenvalue weighted by Gasteiger charge is -2.37. The number of benzene rings is 1. The van der Waals surface area contributed by atoms with E-state index in [-0.39, 0.29) is 34.8 Å². The third-order valence-corrected chi connectivity index (χ3v) is 8.83. The minimum atomic E-state index is -3.65. The van der Waals surface area contributed by atoms with Gasteiger partial charge >= 0.3 is 0 Å². The van der Waals surface area contributed by atoms with Crippen LogP contribution in [0.1, 0.15) is 26.2 Å². The second kappa shape index (κ2) is 8.49. The number of amides is 2. The van der Waals surface area contributed by atoms with Gasteiger partial charge < -0.3 is 19.7 Å². The highest BCUT2D eigenvalue weighted by atomic mass is 32.2. The molecule has 30 heavy (non-hydrogen) atoms. The summed E-state index contributed by atoms with van der Waals surface area (Å²) in [6.45, 7) is 3.99. The second-order valence-electron chi connectivity index (χ2n) is 7.92. The maximum Gasteiger partial charge on any atom is 0.228 e. The molecule has 0 radical (unpaired) electrons. The predicted molar refractivity (Wildman–Crippen MR) is 112 cm³/mol. The van der Waals surface area contributed by atoms with Crippen molar-refractivity contribution < 1.29 is 27.5 Å². The van der Waals surface area contributed by atoms with Crippen LogP contribution < -0.4 is 5.32 Å². The number of fused-ring (bicyclic) bond motifs is 1. The molecule has 3 heterocycles. The Morgan fingerprint density at radius 2 is 1.97 bits per heavy atom. The molecule has 2 saturated heterocycles. The van der Waals surface area contributed by atoms with Gasteiger partial charge in [0.15, 0.2) is 15.6 Å². The Bertz CT molecular complexity index is 933. The summed E-state index contributed by atoms with van der Waals surface area (Å²) in [5, 5.41) is 2.80. The molecule has 1 unspecified atom stereocenters.